The molecule has 5 heteroatoms. The number of nitrogens with one attached hydrogen (secondary N) is 1. The highest BCUT2D eigenvalue weighted by Crippen LogP contribution is 2.23. The van der Waals surface area contributed by atoms with Crippen LogP contribution in [0, 0.1) is 5.41 Å². The standard InChI is InChI=1S/C22H29N3O2/c1-22(2,3)15-25-13-12-18(14-25)27-17-10-8-16(9-11-17)21(26)24-20-7-5-4-6-19(20)23/h4-11,18H,12-15,23H2,1-3H3,(H,24,26). The van der Waals surface area contributed by atoms with E-state index in [4.69, 9.17) is 10.5 Å². The Morgan fingerprint density at radius 1 is 1.19 bits per heavy atom. The van der Waals surface area contributed by atoms with Crippen LogP contribution in [0.2, 0.25) is 0 Å². The quantitative estimate of drug-likeness (QED) is 0.783. The molecule has 3 N–H and O–H groups in total. The van der Waals surface area contributed by atoms with Gasteiger partial charge in [0, 0.05) is 25.2 Å². The van der Waals surface area contributed by atoms with Crippen LogP contribution in [-0.4, -0.2) is 36.5 Å². The third-order valence-electron chi connectivity index (χ3n) is 4.56. The Morgan fingerprint density at radius 3 is 2.56 bits per heavy atom. The number of hydrogen-bond donors (Lipinski definition) is 2. The van der Waals surface area contributed by atoms with Crippen molar-refractivity contribution in [3.63, 3.8) is 0 Å². The van der Waals surface area contributed by atoms with Crippen LogP contribution >= 0.6 is 0 Å². The normalized spacial score (nSPS) is 17.7. The average molecular weight is 367 g/mol. The third kappa shape index (κ3) is 5.47. The van der Waals surface area contributed by atoms with Crippen LogP contribution in [0.4, 0.5) is 11.4 Å². The number of carbonyl (C=O) groups is 1. The summed E-state index contributed by atoms with van der Waals surface area (Å²) in [6.45, 7) is 9.87. The van der Waals surface area contributed by atoms with Crippen molar-refractivity contribution in [2.75, 3.05) is 30.7 Å². The molecule has 1 fully saturated rings. The number of nitrogen functional groups attached to an aromatic ring is 1. The molecular weight excluding hydrogens is 338 g/mol. The predicted octanol–water partition coefficient (Wildman–Crippen LogP) is 4.02. The van der Waals surface area contributed by atoms with Crippen LogP contribution in [0.5, 0.6) is 5.75 Å². The molecule has 0 radical (unpaired) electrons. The summed E-state index contributed by atoms with van der Waals surface area (Å²) < 4.78 is 6.10. The minimum atomic E-state index is -0.184. The highest BCUT2D eigenvalue weighted by atomic mass is 16.5. The maximum Gasteiger partial charge on any atom is 0.255 e. The molecule has 3 rings (SSSR count). The number of carbonyl (C=O) groups excluding carboxylic acids is 1. The zero-order valence-electron chi connectivity index (χ0n) is 16.4. The lowest BCUT2D eigenvalue weighted by Crippen LogP contribution is -2.32. The molecule has 1 amide bonds. The molecule has 0 saturated carbocycles. The Kier molecular flexibility index (Phi) is 5.71. The van der Waals surface area contributed by atoms with Gasteiger partial charge < -0.3 is 15.8 Å². The van der Waals surface area contributed by atoms with Gasteiger partial charge in [0.15, 0.2) is 0 Å². The zero-order chi connectivity index (χ0) is 19.4. The fourth-order valence-corrected chi connectivity index (χ4v) is 3.39. The summed E-state index contributed by atoms with van der Waals surface area (Å²) >= 11 is 0. The summed E-state index contributed by atoms with van der Waals surface area (Å²) in [6, 6.07) is 14.5. The van der Waals surface area contributed by atoms with Crippen molar-refractivity contribution in [3.8, 4) is 5.75 Å². The van der Waals surface area contributed by atoms with Gasteiger partial charge in [-0.1, -0.05) is 32.9 Å². The SMILES string of the molecule is CC(C)(C)CN1CCC(Oc2ccc(C(=O)Nc3ccccc3N)cc2)C1. The second-order valence-electron chi connectivity index (χ2n) is 8.39. The van der Waals surface area contributed by atoms with E-state index in [0.717, 1.165) is 31.8 Å². The molecule has 1 heterocycles. The molecule has 1 unspecified atom stereocenters. The van der Waals surface area contributed by atoms with E-state index in [9.17, 15) is 4.79 Å². The molecule has 5 nitrogen and oxygen atoms in total. The Balaban J connectivity index is 1.55. The van der Waals surface area contributed by atoms with Crippen molar-refractivity contribution in [2.45, 2.75) is 33.3 Å². The van der Waals surface area contributed by atoms with Gasteiger partial charge in [0.25, 0.3) is 5.91 Å². The lowest BCUT2D eigenvalue weighted by molar-refractivity contribution is 0.102. The van der Waals surface area contributed by atoms with Gasteiger partial charge in [-0.3, -0.25) is 9.69 Å². The summed E-state index contributed by atoms with van der Waals surface area (Å²) in [5.41, 5.74) is 7.91. The van der Waals surface area contributed by atoms with E-state index in [1.807, 2.05) is 24.3 Å². The maximum atomic E-state index is 12.4. The van der Waals surface area contributed by atoms with Gasteiger partial charge in [-0.05, 0) is 48.2 Å². The monoisotopic (exact) mass is 367 g/mol. The number of para-hydroxylation sites is 2. The molecule has 0 aliphatic carbocycles. The van der Waals surface area contributed by atoms with Gasteiger partial charge in [0.1, 0.15) is 11.9 Å². The maximum absolute atomic E-state index is 12.4. The molecule has 0 spiro atoms. The molecule has 1 aliphatic rings. The van der Waals surface area contributed by atoms with Gasteiger partial charge >= 0.3 is 0 Å². The number of benzene rings is 2. The number of nitrogens with zero attached hydrogens (tertiary/aromatic N) is 1. The number of amides is 1. The van der Waals surface area contributed by atoms with Crippen molar-refractivity contribution >= 4 is 17.3 Å². The van der Waals surface area contributed by atoms with E-state index < -0.39 is 0 Å². The van der Waals surface area contributed by atoms with Crippen molar-refractivity contribution < 1.29 is 9.53 Å². The summed E-state index contributed by atoms with van der Waals surface area (Å²) in [5.74, 6) is 0.616. The fraction of sp³-hybridized carbons (Fsp3) is 0.409. The number of nitrogens with two attached hydrogens (primary N) is 1. The molecule has 144 valence electrons. The molecule has 2 aromatic carbocycles. The first-order chi connectivity index (χ1) is 12.8. The zero-order valence-corrected chi connectivity index (χ0v) is 16.4. The average Bonchev–Trinajstić information content (AvgIpc) is 3.02. The highest BCUT2D eigenvalue weighted by molar-refractivity contribution is 6.05. The minimum Gasteiger partial charge on any atom is -0.489 e. The smallest absolute Gasteiger partial charge is 0.255 e. The Labute approximate surface area is 161 Å². The summed E-state index contributed by atoms with van der Waals surface area (Å²) in [5, 5.41) is 2.84. The Hall–Kier alpha value is -2.53. The molecule has 1 atom stereocenters. The lowest BCUT2D eigenvalue weighted by Gasteiger charge is -2.26. The molecule has 27 heavy (non-hydrogen) atoms. The van der Waals surface area contributed by atoms with Gasteiger partial charge in [-0.2, -0.15) is 0 Å². The first-order valence-corrected chi connectivity index (χ1v) is 9.45. The largest absolute Gasteiger partial charge is 0.489 e. The van der Waals surface area contributed by atoms with Gasteiger partial charge in [0.2, 0.25) is 0 Å². The summed E-state index contributed by atoms with van der Waals surface area (Å²) in [7, 11) is 0. The first-order valence-electron chi connectivity index (χ1n) is 9.45. The van der Waals surface area contributed by atoms with E-state index in [0.29, 0.717) is 22.4 Å². The number of anilines is 2. The summed E-state index contributed by atoms with van der Waals surface area (Å²) in [4.78, 5) is 14.8. The van der Waals surface area contributed by atoms with E-state index in [1.54, 1.807) is 24.3 Å². The van der Waals surface area contributed by atoms with Crippen LogP contribution in [0.25, 0.3) is 0 Å². The summed E-state index contributed by atoms with van der Waals surface area (Å²) in [6.07, 6.45) is 1.24. The minimum absolute atomic E-state index is 0.184. The van der Waals surface area contributed by atoms with Crippen molar-refractivity contribution in [1.82, 2.24) is 4.90 Å². The first kappa shape index (κ1) is 19.2. The van der Waals surface area contributed by atoms with E-state index in [1.165, 1.54) is 0 Å². The second-order valence-corrected chi connectivity index (χ2v) is 8.39. The van der Waals surface area contributed by atoms with Gasteiger partial charge in [0.05, 0.1) is 11.4 Å². The molecule has 1 saturated heterocycles. The van der Waals surface area contributed by atoms with Crippen LogP contribution in [0.1, 0.15) is 37.6 Å². The molecule has 2 aromatic rings. The van der Waals surface area contributed by atoms with Crippen LogP contribution in [0.3, 0.4) is 0 Å². The van der Waals surface area contributed by atoms with Crippen LogP contribution in [-0.2, 0) is 0 Å². The van der Waals surface area contributed by atoms with E-state index in [-0.39, 0.29) is 12.0 Å². The third-order valence-corrected chi connectivity index (χ3v) is 4.56. The number of ether oxygens (including phenoxy) is 1. The van der Waals surface area contributed by atoms with Crippen molar-refractivity contribution in [3.05, 3.63) is 54.1 Å². The van der Waals surface area contributed by atoms with Crippen LogP contribution < -0.4 is 15.8 Å². The van der Waals surface area contributed by atoms with Gasteiger partial charge in [-0.25, -0.2) is 0 Å². The molecule has 0 aromatic heterocycles. The second kappa shape index (κ2) is 8.01. The van der Waals surface area contributed by atoms with Gasteiger partial charge in [-0.15, -0.1) is 0 Å². The topological polar surface area (TPSA) is 67.6 Å². The Bertz CT molecular complexity index is 781. The Morgan fingerprint density at radius 2 is 1.89 bits per heavy atom. The lowest BCUT2D eigenvalue weighted by atomic mass is 9.96. The predicted molar refractivity (Wildman–Crippen MR) is 110 cm³/mol. The van der Waals surface area contributed by atoms with Crippen molar-refractivity contribution in [1.29, 1.82) is 0 Å². The molecule has 0 bridgehead atoms. The van der Waals surface area contributed by atoms with E-state index >= 15 is 0 Å². The highest BCUT2D eigenvalue weighted by Gasteiger charge is 2.27. The molecule has 1 aliphatic heterocycles. The number of hydrogen-bond acceptors (Lipinski definition) is 4. The fourth-order valence-electron chi connectivity index (χ4n) is 3.39. The number of rotatable bonds is 5. The van der Waals surface area contributed by atoms with Crippen molar-refractivity contribution in [2.24, 2.45) is 5.41 Å². The number of likely N-dealkylation sites (tertiary alicyclic amines) is 1. The molecular formula is C22H29N3O2. The van der Waals surface area contributed by atoms with Crippen LogP contribution in [0.15, 0.2) is 48.5 Å². The van der Waals surface area contributed by atoms with E-state index in [2.05, 4.69) is 31.0 Å².